The fraction of sp³-hybridized carbons (Fsp3) is 0.250. The minimum absolute atomic E-state index is 0.0504. The van der Waals surface area contributed by atoms with Crippen LogP contribution in [0.5, 0.6) is 0 Å². The predicted molar refractivity (Wildman–Crippen MR) is 115 cm³/mol. The number of piperidine rings is 1. The minimum atomic E-state index is -0.271. The third kappa shape index (κ3) is 3.91. The summed E-state index contributed by atoms with van der Waals surface area (Å²) in [7, 11) is 0. The number of rotatable bonds is 3. The molecule has 7 heteroatoms. The zero-order valence-electron chi connectivity index (χ0n) is 17.2. The first-order valence-electron chi connectivity index (χ1n) is 10.4. The Labute approximate surface area is 179 Å². The van der Waals surface area contributed by atoms with Crippen LogP contribution in [0.4, 0.5) is 4.39 Å². The number of fused-ring (bicyclic) bond motifs is 1. The maximum Gasteiger partial charge on any atom is 0.272 e. The second kappa shape index (κ2) is 7.91. The lowest BCUT2D eigenvalue weighted by Gasteiger charge is -2.31. The van der Waals surface area contributed by atoms with Gasteiger partial charge in [0, 0.05) is 36.5 Å². The largest absolute Gasteiger partial charge is 0.337 e. The number of amides is 1. The molecule has 0 radical (unpaired) electrons. The van der Waals surface area contributed by atoms with Gasteiger partial charge in [0.2, 0.25) is 0 Å². The number of likely N-dealkylation sites (tertiary alicyclic amines) is 1. The number of benzene rings is 1. The highest BCUT2D eigenvalue weighted by Gasteiger charge is 2.28. The summed E-state index contributed by atoms with van der Waals surface area (Å²) < 4.78 is 15.3. The Morgan fingerprint density at radius 3 is 2.77 bits per heavy atom. The smallest absolute Gasteiger partial charge is 0.272 e. The number of carbonyl (C=O) groups excluding carboxylic acids is 1. The molecule has 1 atom stereocenters. The van der Waals surface area contributed by atoms with Gasteiger partial charge in [-0.3, -0.25) is 4.79 Å². The monoisotopic (exact) mass is 415 g/mol. The number of pyridine rings is 2. The molecule has 1 aliphatic rings. The molecule has 31 heavy (non-hydrogen) atoms. The average molecular weight is 415 g/mol. The van der Waals surface area contributed by atoms with Gasteiger partial charge >= 0.3 is 0 Å². The first-order valence-corrected chi connectivity index (χ1v) is 10.4. The summed E-state index contributed by atoms with van der Waals surface area (Å²) in [5.74, 6) is 0.476. The number of aryl methyl sites for hydroxylation is 1. The van der Waals surface area contributed by atoms with Crippen LogP contribution in [-0.4, -0.2) is 43.5 Å². The summed E-state index contributed by atoms with van der Waals surface area (Å²) in [6.07, 6.45) is 3.69. The quantitative estimate of drug-likeness (QED) is 0.502. The highest BCUT2D eigenvalue weighted by molar-refractivity contribution is 5.92. The van der Waals surface area contributed by atoms with E-state index in [1.807, 2.05) is 48.4 Å². The van der Waals surface area contributed by atoms with Crippen molar-refractivity contribution in [1.29, 1.82) is 0 Å². The van der Waals surface area contributed by atoms with E-state index < -0.39 is 0 Å². The lowest BCUT2D eigenvalue weighted by molar-refractivity contribution is 0.0698. The Balaban J connectivity index is 1.39. The first-order chi connectivity index (χ1) is 15.1. The van der Waals surface area contributed by atoms with E-state index in [9.17, 15) is 9.18 Å². The van der Waals surface area contributed by atoms with Gasteiger partial charge in [0.25, 0.3) is 5.91 Å². The van der Waals surface area contributed by atoms with Crippen molar-refractivity contribution in [2.75, 3.05) is 13.1 Å². The highest BCUT2D eigenvalue weighted by atomic mass is 19.1. The number of carbonyl (C=O) groups is 1. The Morgan fingerprint density at radius 1 is 1.06 bits per heavy atom. The Bertz CT molecular complexity index is 1270. The number of hydrogen-bond acceptors (Lipinski definition) is 4. The van der Waals surface area contributed by atoms with Crippen molar-refractivity contribution >= 4 is 11.6 Å². The van der Waals surface area contributed by atoms with Gasteiger partial charge in [-0.1, -0.05) is 18.2 Å². The van der Waals surface area contributed by atoms with Gasteiger partial charge in [-0.25, -0.2) is 18.9 Å². The van der Waals surface area contributed by atoms with Gasteiger partial charge in [-0.2, -0.15) is 5.10 Å². The minimum Gasteiger partial charge on any atom is -0.337 e. The number of aromatic nitrogens is 4. The molecule has 156 valence electrons. The van der Waals surface area contributed by atoms with Crippen LogP contribution in [0.1, 0.15) is 40.8 Å². The lowest BCUT2D eigenvalue weighted by Crippen LogP contribution is -2.39. The third-order valence-electron chi connectivity index (χ3n) is 5.69. The summed E-state index contributed by atoms with van der Waals surface area (Å²) in [5, 5.41) is 4.68. The zero-order chi connectivity index (χ0) is 21.4. The van der Waals surface area contributed by atoms with Gasteiger partial charge in [0.05, 0.1) is 0 Å². The molecule has 1 saturated heterocycles. The molecule has 4 aromatic rings. The number of hydrogen-bond donors (Lipinski definition) is 0. The van der Waals surface area contributed by atoms with E-state index >= 15 is 0 Å². The molecular formula is C24H22FN5O. The van der Waals surface area contributed by atoms with Gasteiger partial charge < -0.3 is 4.90 Å². The maximum atomic E-state index is 13.6. The second-order valence-corrected chi connectivity index (χ2v) is 7.96. The molecule has 6 nitrogen and oxygen atoms in total. The molecule has 5 rings (SSSR count). The molecule has 1 aromatic carbocycles. The summed E-state index contributed by atoms with van der Waals surface area (Å²) >= 11 is 0. The molecule has 0 bridgehead atoms. The van der Waals surface area contributed by atoms with Gasteiger partial charge in [0.1, 0.15) is 11.5 Å². The second-order valence-electron chi connectivity index (χ2n) is 7.96. The fourth-order valence-electron chi connectivity index (χ4n) is 4.11. The van der Waals surface area contributed by atoms with E-state index in [-0.39, 0.29) is 17.6 Å². The molecule has 1 aliphatic heterocycles. The first kappa shape index (κ1) is 19.4. The van der Waals surface area contributed by atoms with Crippen molar-refractivity contribution in [2.24, 2.45) is 0 Å². The molecule has 0 spiro atoms. The fourth-order valence-corrected chi connectivity index (χ4v) is 4.11. The molecule has 0 N–H and O–H groups in total. The van der Waals surface area contributed by atoms with Crippen LogP contribution in [-0.2, 0) is 0 Å². The maximum absolute atomic E-state index is 13.6. The van der Waals surface area contributed by atoms with Crippen LogP contribution in [0.2, 0.25) is 0 Å². The summed E-state index contributed by atoms with van der Waals surface area (Å²) in [4.78, 5) is 23.8. The molecule has 0 aliphatic carbocycles. The van der Waals surface area contributed by atoms with Crippen molar-refractivity contribution in [3.63, 3.8) is 0 Å². The molecule has 0 saturated carbocycles. The average Bonchev–Trinajstić information content (AvgIpc) is 3.22. The number of nitrogens with zero attached hydrogens (tertiary/aromatic N) is 5. The van der Waals surface area contributed by atoms with Crippen molar-refractivity contribution in [2.45, 2.75) is 25.7 Å². The zero-order valence-corrected chi connectivity index (χ0v) is 17.2. The van der Waals surface area contributed by atoms with Gasteiger partial charge in [-0.05, 0) is 61.7 Å². The standard InChI is InChI=1S/C24H22FN5O/c1-16-5-2-9-21(26-16)24(31)29-12-4-7-19(14-29)23-27-22-11-10-18(15-30(22)28-23)17-6-3-8-20(25)13-17/h2-3,5-6,8-11,13,15,19H,4,7,12,14H2,1H3. The van der Waals surface area contributed by atoms with Gasteiger partial charge in [-0.15, -0.1) is 0 Å². The van der Waals surface area contributed by atoms with E-state index in [2.05, 4.69) is 10.1 Å². The lowest BCUT2D eigenvalue weighted by atomic mass is 9.97. The van der Waals surface area contributed by atoms with Gasteiger partial charge in [0.15, 0.2) is 11.5 Å². The molecule has 1 amide bonds. The van der Waals surface area contributed by atoms with E-state index in [1.165, 1.54) is 12.1 Å². The van der Waals surface area contributed by atoms with Crippen molar-refractivity contribution < 1.29 is 9.18 Å². The van der Waals surface area contributed by atoms with Crippen LogP contribution in [0.15, 0.2) is 60.8 Å². The SMILES string of the molecule is Cc1cccc(C(=O)N2CCCC(c3nc4ccc(-c5cccc(F)c5)cn4n3)C2)n1. The predicted octanol–water partition coefficient (Wildman–Crippen LogP) is 4.26. The van der Waals surface area contributed by atoms with E-state index in [0.717, 1.165) is 41.1 Å². The normalized spacial score (nSPS) is 16.6. The highest BCUT2D eigenvalue weighted by Crippen LogP contribution is 2.27. The molecule has 4 heterocycles. The van der Waals surface area contributed by atoms with Crippen molar-refractivity contribution in [3.05, 3.63) is 83.8 Å². The summed E-state index contributed by atoms with van der Waals surface area (Å²) in [6.45, 7) is 3.17. The Kier molecular flexibility index (Phi) is 4.94. The molecule has 3 aromatic heterocycles. The molecule has 1 unspecified atom stereocenters. The third-order valence-corrected chi connectivity index (χ3v) is 5.69. The van der Waals surface area contributed by atoms with Crippen LogP contribution in [0, 0.1) is 12.7 Å². The summed E-state index contributed by atoms with van der Waals surface area (Å²) in [6, 6.07) is 15.8. The topological polar surface area (TPSA) is 63.4 Å². The molecular weight excluding hydrogens is 393 g/mol. The van der Waals surface area contributed by atoms with E-state index in [0.29, 0.717) is 18.8 Å². The number of halogens is 1. The Hall–Kier alpha value is -3.61. The van der Waals surface area contributed by atoms with Crippen LogP contribution >= 0.6 is 0 Å². The molecule has 1 fully saturated rings. The van der Waals surface area contributed by atoms with Crippen LogP contribution < -0.4 is 0 Å². The Morgan fingerprint density at radius 2 is 1.94 bits per heavy atom. The summed E-state index contributed by atoms with van der Waals surface area (Å²) in [5.41, 5.74) is 3.70. The van der Waals surface area contributed by atoms with Crippen molar-refractivity contribution in [3.8, 4) is 11.1 Å². The van der Waals surface area contributed by atoms with Crippen molar-refractivity contribution in [1.82, 2.24) is 24.5 Å². The van der Waals surface area contributed by atoms with E-state index in [4.69, 9.17) is 4.98 Å². The van der Waals surface area contributed by atoms with Crippen LogP contribution in [0.3, 0.4) is 0 Å². The van der Waals surface area contributed by atoms with E-state index in [1.54, 1.807) is 16.6 Å². The van der Waals surface area contributed by atoms with Crippen LogP contribution in [0.25, 0.3) is 16.8 Å².